The van der Waals surface area contributed by atoms with Crippen LogP contribution in [0.1, 0.15) is 29.4 Å². The van der Waals surface area contributed by atoms with Crippen LogP contribution in [0.4, 0.5) is 4.39 Å². The summed E-state index contributed by atoms with van der Waals surface area (Å²) in [4.78, 5) is 37.2. The smallest absolute Gasteiger partial charge is 0.273 e. The number of nitrogens with one attached hydrogen (secondary N) is 2. The minimum atomic E-state index is -0.695. The van der Waals surface area contributed by atoms with Crippen LogP contribution >= 0.6 is 11.6 Å². The average molecular weight is 417 g/mol. The van der Waals surface area contributed by atoms with Crippen molar-refractivity contribution in [3.63, 3.8) is 0 Å². The molecule has 3 rings (SSSR count). The van der Waals surface area contributed by atoms with Gasteiger partial charge in [-0.2, -0.15) is 5.10 Å². The molecule has 2 N–H and O–H groups in total. The molecule has 0 fully saturated rings. The number of rotatable bonds is 5. The lowest BCUT2D eigenvalue weighted by Crippen LogP contribution is -2.43. The van der Waals surface area contributed by atoms with Crippen LogP contribution < -0.4 is 16.4 Å². The lowest BCUT2D eigenvalue weighted by atomic mass is 10.1. The van der Waals surface area contributed by atoms with Gasteiger partial charge in [-0.1, -0.05) is 42.8 Å². The van der Waals surface area contributed by atoms with Gasteiger partial charge in [0.25, 0.3) is 11.5 Å². The van der Waals surface area contributed by atoms with Gasteiger partial charge in [-0.05, 0) is 24.6 Å². The second-order valence-corrected chi connectivity index (χ2v) is 6.71. The number of halogens is 2. The van der Waals surface area contributed by atoms with Gasteiger partial charge in [0.05, 0.1) is 11.8 Å². The molecule has 29 heavy (non-hydrogen) atoms. The molecule has 2 amide bonds. The van der Waals surface area contributed by atoms with E-state index in [2.05, 4.69) is 16.0 Å². The van der Waals surface area contributed by atoms with E-state index in [9.17, 15) is 18.8 Å². The van der Waals surface area contributed by atoms with Gasteiger partial charge in [0.2, 0.25) is 5.91 Å². The van der Waals surface area contributed by atoms with Crippen molar-refractivity contribution in [1.29, 1.82) is 0 Å². The van der Waals surface area contributed by atoms with Crippen LogP contribution in [0.15, 0.2) is 47.3 Å². The topological polar surface area (TPSA) is 93.1 Å². The second kappa shape index (κ2) is 8.83. The number of benzene rings is 2. The van der Waals surface area contributed by atoms with Crippen LogP contribution in [-0.2, 0) is 17.8 Å². The summed E-state index contributed by atoms with van der Waals surface area (Å²) in [7, 11) is 0. The van der Waals surface area contributed by atoms with Crippen LogP contribution in [0.25, 0.3) is 10.8 Å². The number of amides is 2. The van der Waals surface area contributed by atoms with Gasteiger partial charge in [0.1, 0.15) is 5.82 Å². The van der Waals surface area contributed by atoms with E-state index in [4.69, 9.17) is 11.6 Å². The predicted octanol–water partition coefficient (Wildman–Crippen LogP) is 2.60. The lowest BCUT2D eigenvalue weighted by molar-refractivity contribution is -0.121. The van der Waals surface area contributed by atoms with E-state index in [0.29, 0.717) is 23.7 Å². The van der Waals surface area contributed by atoms with Gasteiger partial charge in [-0.25, -0.2) is 9.07 Å². The fourth-order valence-corrected chi connectivity index (χ4v) is 3.09. The zero-order chi connectivity index (χ0) is 21.0. The van der Waals surface area contributed by atoms with Crippen molar-refractivity contribution in [2.75, 3.05) is 0 Å². The monoisotopic (exact) mass is 416 g/mol. The summed E-state index contributed by atoms with van der Waals surface area (Å²) >= 11 is 5.91. The summed E-state index contributed by atoms with van der Waals surface area (Å²) in [5.41, 5.74) is 4.21. The molecule has 0 aliphatic carbocycles. The third-order valence-corrected chi connectivity index (χ3v) is 4.59. The summed E-state index contributed by atoms with van der Waals surface area (Å²) in [6.45, 7) is 2.24. The summed E-state index contributed by atoms with van der Waals surface area (Å²) in [6, 6.07) is 10.7. The average Bonchev–Trinajstić information content (AvgIpc) is 2.71. The highest BCUT2D eigenvalue weighted by Crippen LogP contribution is 2.19. The number of carbonyl (C=O) groups is 2. The molecule has 7 nitrogen and oxygen atoms in total. The first-order valence-electron chi connectivity index (χ1n) is 8.94. The van der Waals surface area contributed by atoms with Gasteiger partial charge < -0.3 is 0 Å². The maximum Gasteiger partial charge on any atom is 0.290 e. The van der Waals surface area contributed by atoms with E-state index in [0.717, 1.165) is 0 Å². The normalized spacial score (nSPS) is 10.7. The number of aromatic nitrogens is 2. The molecule has 0 saturated heterocycles. The Hall–Kier alpha value is -3.26. The zero-order valence-electron chi connectivity index (χ0n) is 15.5. The number of aryl methyl sites for hydroxylation is 1. The Balaban J connectivity index is 1.80. The highest BCUT2D eigenvalue weighted by Gasteiger charge is 2.18. The highest BCUT2D eigenvalue weighted by atomic mass is 35.5. The van der Waals surface area contributed by atoms with Crippen molar-refractivity contribution in [2.24, 2.45) is 0 Å². The SMILES string of the molecule is CCCn1nc(C(=O)NNC(=O)Cc2c(F)cccc2Cl)c2ccccc2c1=O. The summed E-state index contributed by atoms with van der Waals surface area (Å²) in [5.74, 6) is -1.96. The molecular formula is C20H18ClFN4O3. The van der Waals surface area contributed by atoms with Crippen LogP contribution in [0.2, 0.25) is 5.02 Å². The Bertz CT molecular complexity index is 1130. The number of hydrazine groups is 1. The fourth-order valence-electron chi connectivity index (χ4n) is 2.86. The van der Waals surface area contributed by atoms with Crippen LogP contribution in [0, 0.1) is 5.82 Å². The molecule has 0 unspecified atom stereocenters. The molecule has 9 heteroatoms. The van der Waals surface area contributed by atoms with Gasteiger partial charge in [0.15, 0.2) is 5.69 Å². The quantitative estimate of drug-likeness (QED) is 0.625. The van der Waals surface area contributed by atoms with Crippen LogP contribution in [0.5, 0.6) is 0 Å². The highest BCUT2D eigenvalue weighted by molar-refractivity contribution is 6.31. The van der Waals surface area contributed by atoms with Crippen molar-refractivity contribution < 1.29 is 14.0 Å². The third kappa shape index (κ3) is 4.43. The van der Waals surface area contributed by atoms with Gasteiger partial charge in [-0.15, -0.1) is 0 Å². The van der Waals surface area contributed by atoms with Gasteiger partial charge in [0, 0.05) is 22.5 Å². The van der Waals surface area contributed by atoms with Crippen molar-refractivity contribution in [2.45, 2.75) is 26.3 Å². The van der Waals surface area contributed by atoms with Crippen molar-refractivity contribution in [3.05, 3.63) is 74.9 Å². The van der Waals surface area contributed by atoms with E-state index < -0.39 is 17.6 Å². The molecule has 0 saturated carbocycles. The molecule has 3 aromatic rings. The molecule has 0 atom stereocenters. The number of hydrogen-bond acceptors (Lipinski definition) is 4. The largest absolute Gasteiger partial charge is 0.290 e. The number of fused-ring (bicyclic) bond motifs is 1. The minimum absolute atomic E-state index is 0.00197. The van der Waals surface area contributed by atoms with E-state index in [1.165, 1.54) is 22.9 Å². The molecular weight excluding hydrogens is 399 g/mol. The third-order valence-electron chi connectivity index (χ3n) is 4.23. The maximum atomic E-state index is 13.8. The maximum absolute atomic E-state index is 13.8. The Morgan fingerprint density at radius 1 is 1.10 bits per heavy atom. The summed E-state index contributed by atoms with van der Waals surface area (Å²) in [6.07, 6.45) is 0.307. The number of nitrogens with zero attached hydrogens (tertiary/aromatic N) is 2. The molecule has 0 aliphatic rings. The molecule has 0 aliphatic heterocycles. The Kier molecular flexibility index (Phi) is 6.23. The first-order chi connectivity index (χ1) is 13.9. The Morgan fingerprint density at radius 3 is 2.52 bits per heavy atom. The minimum Gasteiger partial charge on any atom is -0.273 e. The van der Waals surface area contributed by atoms with Crippen molar-refractivity contribution in [1.82, 2.24) is 20.6 Å². The summed E-state index contributed by atoms with van der Waals surface area (Å²) < 4.78 is 15.0. The Morgan fingerprint density at radius 2 is 1.83 bits per heavy atom. The fraction of sp³-hybridized carbons (Fsp3) is 0.200. The number of carbonyl (C=O) groups excluding carboxylic acids is 2. The molecule has 0 spiro atoms. The van der Waals surface area contributed by atoms with Crippen molar-refractivity contribution in [3.8, 4) is 0 Å². The van der Waals surface area contributed by atoms with E-state index in [1.54, 1.807) is 24.3 Å². The molecule has 2 aromatic carbocycles. The molecule has 0 bridgehead atoms. The van der Waals surface area contributed by atoms with E-state index in [1.807, 2.05) is 6.92 Å². The van der Waals surface area contributed by atoms with Crippen molar-refractivity contribution >= 4 is 34.2 Å². The Labute approximate surface area is 170 Å². The lowest BCUT2D eigenvalue weighted by Gasteiger charge is -2.12. The van der Waals surface area contributed by atoms with E-state index in [-0.39, 0.29) is 28.3 Å². The first kappa shape index (κ1) is 20.5. The second-order valence-electron chi connectivity index (χ2n) is 6.30. The number of hydrogen-bond donors (Lipinski definition) is 2. The summed E-state index contributed by atoms with van der Waals surface area (Å²) in [5, 5.41) is 4.98. The van der Waals surface area contributed by atoms with E-state index >= 15 is 0 Å². The molecule has 0 radical (unpaired) electrons. The predicted molar refractivity (Wildman–Crippen MR) is 107 cm³/mol. The van der Waals surface area contributed by atoms with Crippen LogP contribution in [-0.4, -0.2) is 21.6 Å². The van der Waals surface area contributed by atoms with Gasteiger partial charge >= 0.3 is 0 Å². The zero-order valence-corrected chi connectivity index (χ0v) is 16.3. The molecule has 1 heterocycles. The molecule has 1 aromatic heterocycles. The van der Waals surface area contributed by atoms with Crippen LogP contribution in [0.3, 0.4) is 0 Å². The van der Waals surface area contributed by atoms with Gasteiger partial charge in [-0.3, -0.25) is 25.2 Å². The molecule has 150 valence electrons. The first-order valence-corrected chi connectivity index (χ1v) is 9.32. The standard InChI is InChI=1S/C20H18ClFN4O3/c1-2-10-26-20(29)13-7-4-3-6-12(13)18(25-26)19(28)24-23-17(27)11-14-15(21)8-5-9-16(14)22/h3-9H,2,10-11H2,1H3,(H,23,27)(H,24,28).